The molecule has 2 aliphatic rings. The standard InChI is InChI=1S/C7H13NO2/c9-6-2-4-1-5(7(6)10)8-3-4/h4-10H,1-3H2/t4-,5+,6+,7-/m1/s1. The van der Waals surface area contributed by atoms with E-state index in [1.807, 2.05) is 0 Å². The Kier molecular flexibility index (Phi) is 1.44. The molecule has 3 nitrogen and oxygen atoms in total. The minimum atomic E-state index is -0.529. The van der Waals surface area contributed by atoms with Gasteiger partial charge in [-0.1, -0.05) is 0 Å². The quantitative estimate of drug-likeness (QED) is 0.411. The summed E-state index contributed by atoms with van der Waals surface area (Å²) in [5, 5.41) is 21.8. The lowest BCUT2D eigenvalue weighted by atomic mass is 9.86. The van der Waals surface area contributed by atoms with Crippen molar-refractivity contribution in [2.24, 2.45) is 5.92 Å². The van der Waals surface area contributed by atoms with Crippen molar-refractivity contribution in [2.75, 3.05) is 6.54 Å². The van der Waals surface area contributed by atoms with Crippen molar-refractivity contribution in [1.29, 1.82) is 0 Å². The summed E-state index contributed by atoms with van der Waals surface area (Å²) in [5.74, 6) is 0.600. The van der Waals surface area contributed by atoms with Crippen molar-refractivity contribution in [3.05, 3.63) is 0 Å². The number of nitrogens with one attached hydrogen (secondary N) is 1. The number of hydrogen-bond donors (Lipinski definition) is 3. The van der Waals surface area contributed by atoms with E-state index >= 15 is 0 Å². The molecule has 1 aliphatic heterocycles. The highest BCUT2D eigenvalue weighted by atomic mass is 16.3. The van der Waals surface area contributed by atoms with E-state index in [1.165, 1.54) is 0 Å². The fourth-order valence-electron chi connectivity index (χ4n) is 2.03. The van der Waals surface area contributed by atoms with Crippen molar-refractivity contribution in [1.82, 2.24) is 5.32 Å². The second kappa shape index (κ2) is 2.19. The van der Waals surface area contributed by atoms with Gasteiger partial charge in [-0.05, 0) is 25.3 Å². The predicted octanol–water partition coefficient (Wildman–Crippen LogP) is -0.910. The molecule has 1 heterocycles. The predicted molar refractivity (Wildman–Crippen MR) is 36.5 cm³/mol. The lowest BCUT2D eigenvalue weighted by Gasteiger charge is -2.28. The van der Waals surface area contributed by atoms with Gasteiger partial charge >= 0.3 is 0 Å². The first-order valence-corrected chi connectivity index (χ1v) is 3.87. The molecule has 10 heavy (non-hydrogen) atoms. The van der Waals surface area contributed by atoms with Gasteiger partial charge in [-0.25, -0.2) is 0 Å². The largest absolute Gasteiger partial charge is 0.390 e. The molecule has 2 fully saturated rings. The van der Waals surface area contributed by atoms with Crippen LogP contribution in [0.4, 0.5) is 0 Å². The first-order valence-electron chi connectivity index (χ1n) is 3.87. The van der Waals surface area contributed by atoms with E-state index in [4.69, 9.17) is 0 Å². The van der Waals surface area contributed by atoms with Crippen molar-refractivity contribution in [3.63, 3.8) is 0 Å². The monoisotopic (exact) mass is 143 g/mol. The van der Waals surface area contributed by atoms with E-state index in [2.05, 4.69) is 5.32 Å². The molecule has 3 heteroatoms. The van der Waals surface area contributed by atoms with E-state index in [-0.39, 0.29) is 6.04 Å². The molecule has 0 aromatic carbocycles. The van der Waals surface area contributed by atoms with Gasteiger partial charge in [-0.3, -0.25) is 0 Å². The number of fused-ring (bicyclic) bond motifs is 2. The van der Waals surface area contributed by atoms with Crippen LogP contribution in [0.5, 0.6) is 0 Å². The zero-order valence-electron chi connectivity index (χ0n) is 5.83. The van der Waals surface area contributed by atoms with E-state index in [0.717, 1.165) is 19.4 Å². The zero-order chi connectivity index (χ0) is 7.14. The third-order valence-corrected chi connectivity index (χ3v) is 2.64. The zero-order valence-corrected chi connectivity index (χ0v) is 5.83. The molecule has 1 aliphatic carbocycles. The first kappa shape index (κ1) is 6.58. The SMILES string of the molecule is O[C@@H]1[C@@H]2C[C@@H](CN2)C[C@@H]1O. The summed E-state index contributed by atoms with van der Waals surface area (Å²) in [6, 6.07) is 0.161. The van der Waals surface area contributed by atoms with Gasteiger partial charge in [0, 0.05) is 6.04 Å². The molecule has 58 valence electrons. The van der Waals surface area contributed by atoms with Crippen LogP contribution in [-0.2, 0) is 0 Å². The van der Waals surface area contributed by atoms with Crippen LogP contribution in [0.1, 0.15) is 12.8 Å². The van der Waals surface area contributed by atoms with Crippen molar-refractivity contribution < 1.29 is 10.2 Å². The Morgan fingerprint density at radius 2 is 2.00 bits per heavy atom. The third-order valence-electron chi connectivity index (χ3n) is 2.64. The fraction of sp³-hybridized carbons (Fsp3) is 1.00. The summed E-state index contributed by atoms with van der Waals surface area (Å²) in [6.45, 7) is 0.971. The summed E-state index contributed by atoms with van der Waals surface area (Å²) in [6.07, 6.45) is 0.792. The second-order valence-corrected chi connectivity index (χ2v) is 3.41. The van der Waals surface area contributed by atoms with Crippen LogP contribution in [0.25, 0.3) is 0 Å². The van der Waals surface area contributed by atoms with E-state index in [1.54, 1.807) is 0 Å². The average molecular weight is 143 g/mol. The maximum absolute atomic E-state index is 9.35. The minimum Gasteiger partial charge on any atom is -0.390 e. The Morgan fingerprint density at radius 3 is 2.80 bits per heavy atom. The van der Waals surface area contributed by atoms with Gasteiger partial charge < -0.3 is 15.5 Å². The highest BCUT2D eigenvalue weighted by molar-refractivity contribution is 4.96. The Bertz CT molecular complexity index is 140. The number of rotatable bonds is 0. The van der Waals surface area contributed by atoms with Gasteiger partial charge in [-0.2, -0.15) is 0 Å². The molecule has 4 atom stereocenters. The van der Waals surface area contributed by atoms with Crippen molar-refractivity contribution in [3.8, 4) is 0 Å². The molecule has 2 rings (SSSR count). The molecular weight excluding hydrogens is 130 g/mol. The third kappa shape index (κ3) is 0.856. The molecule has 0 unspecified atom stereocenters. The van der Waals surface area contributed by atoms with Gasteiger partial charge in [0.05, 0.1) is 12.2 Å². The smallest absolute Gasteiger partial charge is 0.0951 e. The molecule has 0 aromatic heterocycles. The molecule has 0 amide bonds. The van der Waals surface area contributed by atoms with Crippen LogP contribution in [0.15, 0.2) is 0 Å². The highest BCUT2D eigenvalue weighted by Crippen LogP contribution is 2.29. The lowest BCUT2D eigenvalue weighted by molar-refractivity contribution is -0.0244. The normalized spacial score (nSPS) is 53.4. The molecule has 2 bridgehead atoms. The summed E-state index contributed by atoms with van der Waals surface area (Å²) in [5.41, 5.74) is 0. The molecular formula is C7H13NO2. The Hall–Kier alpha value is -0.120. The van der Waals surface area contributed by atoms with Crippen LogP contribution in [0.3, 0.4) is 0 Å². The van der Waals surface area contributed by atoms with Crippen molar-refractivity contribution >= 4 is 0 Å². The summed E-state index contributed by atoms with van der Waals surface area (Å²) < 4.78 is 0. The molecule has 3 N–H and O–H groups in total. The maximum atomic E-state index is 9.35. The van der Waals surface area contributed by atoms with Crippen LogP contribution in [0.2, 0.25) is 0 Å². The topological polar surface area (TPSA) is 52.5 Å². The van der Waals surface area contributed by atoms with Crippen LogP contribution < -0.4 is 5.32 Å². The number of aliphatic hydroxyl groups excluding tert-OH is 2. The molecule has 0 spiro atoms. The average Bonchev–Trinajstić information content (AvgIpc) is 2.29. The van der Waals surface area contributed by atoms with Crippen LogP contribution in [0, 0.1) is 5.92 Å². The molecule has 1 saturated carbocycles. The number of aliphatic hydroxyl groups is 2. The van der Waals surface area contributed by atoms with Crippen LogP contribution in [-0.4, -0.2) is 35.0 Å². The molecule has 0 radical (unpaired) electrons. The maximum Gasteiger partial charge on any atom is 0.0951 e. The van der Waals surface area contributed by atoms with E-state index in [0.29, 0.717) is 5.92 Å². The van der Waals surface area contributed by atoms with Gasteiger partial charge in [0.15, 0.2) is 0 Å². The lowest BCUT2D eigenvalue weighted by Crippen LogP contribution is -2.44. The number of hydrogen-bond acceptors (Lipinski definition) is 3. The summed E-state index contributed by atoms with van der Waals surface area (Å²) in [4.78, 5) is 0. The molecule has 0 aromatic rings. The summed E-state index contributed by atoms with van der Waals surface area (Å²) >= 11 is 0. The summed E-state index contributed by atoms with van der Waals surface area (Å²) in [7, 11) is 0. The second-order valence-electron chi connectivity index (χ2n) is 3.41. The van der Waals surface area contributed by atoms with Gasteiger partial charge in [0.25, 0.3) is 0 Å². The van der Waals surface area contributed by atoms with E-state index < -0.39 is 12.2 Å². The van der Waals surface area contributed by atoms with E-state index in [9.17, 15) is 10.2 Å². The van der Waals surface area contributed by atoms with Gasteiger partial charge in [0.2, 0.25) is 0 Å². The minimum absolute atomic E-state index is 0.161. The first-order chi connectivity index (χ1) is 4.77. The Balaban J connectivity index is 2.09. The van der Waals surface area contributed by atoms with Crippen LogP contribution >= 0.6 is 0 Å². The Labute approximate surface area is 60.1 Å². The molecule has 1 saturated heterocycles. The van der Waals surface area contributed by atoms with Crippen molar-refractivity contribution in [2.45, 2.75) is 31.1 Å². The van der Waals surface area contributed by atoms with Gasteiger partial charge in [0.1, 0.15) is 0 Å². The van der Waals surface area contributed by atoms with Gasteiger partial charge in [-0.15, -0.1) is 0 Å². The Morgan fingerprint density at radius 1 is 1.20 bits per heavy atom. The highest BCUT2D eigenvalue weighted by Gasteiger charge is 2.39. The fourth-order valence-corrected chi connectivity index (χ4v) is 2.03.